The van der Waals surface area contributed by atoms with E-state index < -0.39 is 0 Å². The Hall–Kier alpha value is -1.25. The molecular weight excluding hydrogens is 212 g/mol. The highest BCUT2D eigenvalue weighted by atomic mass is 16.5. The van der Waals surface area contributed by atoms with E-state index in [9.17, 15) is 0 Å². The van der Waals surface area contributed by atoms with Crippen LogP contribution >= 0.6 is 0 Å². The smallest absolute Gasteiger partial charge is 0.171 e. The molecule has 17 heavy (non-hydrogen) atoms. The van der Waals surface area contributed by atoms with Crippen LogP contribution in [0, 0.1) is 11.8 Å². The van der Waals surface area contributed by atoms with E-state index in [2.05, 4.69) is 23.7 Å². The van der Waals surface area contributed by atoms with E-state index >= 15 is 0 Å². The lowest BCUT2D eigenvalue weighted by molar-refractivity contribution is 0.318. The fourth-order valence-corrected chi connectivity index (χ4v) is 2.53. The average molecular weight is 234 g/mol. The number of hydrogen-bond donors (Lipinski definition) is 0. The Bertz CT molecular complexity index is 365. The van der Waals surface area contributed by atoms with Crippen LogP contribution < -0.4 is 9.64 Å². The van der Waals surface area contributed by atoms with E-state index in [-0.39, 0.29) is 0 Å². The Balaban J connectivity index is 2.16. The van der Waals surface area contributed by atoms with Crippen molar-refractivity contribution in [3.05, 3.63) is 18.3 Å². The van der Waals surface area contributed by atoms with Gasteiger partial charge in [-0.3, -0.25) is 0 Å². The SMILES string of the molecule is COc1cccnc1N1CCCC(C(C)C)C1. The van der Waals surface area contributed by atoms with Gasteiger partial charge in [0.1, 0.15) is 0 Å². The maximum absolute atomic E-state index is 5.39. The number of methoxy groups -OCH3 is 1. The monoisotopic (exact) mass is 234 g/mol. The van der Waals surface area contributed by atoms with E-state index in [1.54, 1.807) is 7.11 Å². The lowest BCUT2D eigenvalue weighted by Crippen LogP contribution is -2.38. The van der Waals surface area contributed by atoms with Gasteiger partial charge in [0.15, 0.2) is 11.6 Å². The van der Waals surface area contributed by atoms with Crippen molar-refractivity contribution in [1.82, 2.24) is 4.98 Å². The van der Waals surface area contributed by atoms with Crippen molar-refractivity contribution in [1.29, 1.82) is 0 Å². The van der Waals surface area contributed by atoms with Gasteiger partial charge in [0, 0.05) is 19.3 Å². The number of ether oxygens (including phenoxy) is 1. The van der Waals surface area contributed by atoms with E-state index in [0.717, 1.165) is 36.5 Å². The zero-order valence-corrected chi connectivity index (χ0v) is 11.0. The maximum Gasteiger partial charge on any atom is 0.171 e. The Labute approximate surface area is 104 Å². The molecule has 0 bridgehead atoms. The first-order valence-electron chi connectivity index (χ1n) is 6.46. The molecule has 1 aromatic rings. The molecule has 0 radical (unpaired) electrons. The second kappa shape index (κ2) is 5.39. The molecule has 2 heterocycles. The lowest BCUT2D eigenvalue weighted by Gasteiger charge is -2.36. The third-order valence-corrected chi connectivity index (χ3v) is 3.67. The molecule has 0 spiro atoms. The van der Waals surface area contributed by atoms with Gasteiger partial charge in [-0.15, -0.1) is 0 Å². The number of piperidine rings is 1. The zero-order valence-electron chi connectivity index (χ0n) is 11.0. The van der Waals surface area contributed by atoms with Crippen LogP contribution in [0.25, 0.3) is 0 Å². The van der Waals surface area contributed by atoms with Crippen molar-refractivity contribution in [3.8, 4) is 5.75 Å². The summed E-state index contributed by atoms with van der Waals surface area (Å²) < 4.78 is 5.39. The fourth-order valence-electron chi connectivity index (χ4n) is 2.53. The maximum atomic E-state index is 5.39. The molecule has 2 rings (SSSR count). The number of nitrogens with zero attached hydrogens (tertiary/aromatic N) is 2. The second-order valence-electron chi connectivity index (χ2n) is 5.12. The molecule has 3 heteroatoms. The Morgan fingerprint density at radius 3 is 3.00 bits per heavy atom. The Morgan fingerprint density at radius 1 is 1.47 bits per heavy atom. The number of hydrogen-bond acceptors (Lipinski definition) is 3. The standard InChI is InChI=1S/C14H22N2O/c1-11(2)12-6-5-9-16(10-12)14-13(17-3)7-4-8-15-14/h4,7-8,11-12H,5-6,9-10H2,1-3H3. The molecule has 0 N–H and O–H groups in total. The van der Waals surface area contributed by atoms with Crippen molar-refractivity contribution in [2.24, 2.45) is 11.8 Å². The summed E-state index contributed by atoms with van der Waals surface area (Å²) in [5.41, 5.74) is 0. The summed E-state index contributed by atoms with van der Waals surface area (Å²) in [6, 6.07) is 3.91. The minimum Gasteiger partial charge on any atom is -0.493 e. The lowest BCUT2D eigenvalue weighted by atomic mass is 9.88. The van der Waals surface area contributed by atoms with Crippen molar-refractivity contribution in [2.45, 2.75) is 26.7 Å². The van der Waals surface area contributed by atoms with Crippen LogP contribution in [0.5, 0.6) is 5.75 Å². The topological polar surface area (TPSA) is 25.4 Å². The van der Waals surface area contributed by atoms with Crippen LogP contribution in [-0.4, -0.2) is 25.2 Å². The van der Waals surface area contributed by atoms with E-state index in [4.69, 9.17) is 4.74 Å². The van der Waals surface area contributed by atoms with E-state index in [1.165, 1.54) is 12.8 Å². The first kappa shape index (κ1) is 12.2. The van der Waals surface area contributed by atoms with E-state index in [1.807, 2.05) is 18.3 Å². The number of aromatic nitrogens is 1. The molecule has 1 fully saturated rings. The van der Waals surface area contributed by atoms with Gasteiger partial charge in [-0.1, -0.05) is 13.8 Å². The summed E-state index contributed by atoms with van der Waals surface area (Å²) in [4.78, 5) is 6.84. The summed E-state index contributed by atoms with van der Waals surface area (Å²) in [6.45, 7) is 6.81. The predicted molar refractivity (Wildman–Crippen MR) is 70.6 cm³/mol. The summed E-state index contributed by atoms with van der Waals surface area (Å²) in [7, 11) is 1.71. The van der Waals surface area contributed by atoms with Crippen LogP contribution in [0.15, 0.2) is 18.3 Å². The van der Waals surface area contributed by atoms with Gasteiger partial charge in [-0.05, 0) is 36.8 Å². The first-order valence-corrected chi connectivity index (χ1v) is 6.46. The van der Waals surface area contributed by atoms with Gasteiger partial charge in [-0.2, -0.15) is 0 Å². The highest BCUT2D eigenvalue weighted by Gasteiger charge is 2.24. The molecule has 3 nitrogen and oxygen atoms in total. The van der Waals surface area contributed by atoms with Crippen molar-refractivity contribution < 1.29 is 4.74 Å². The van der Waals surface area contributed by atoms with Gasteiger partial charge in [0.2, 0.25) is 0 Å². The van der Waals surface area contributed by atoms with E-state index in [0.29, 0.717) is 0 Å². The van der Waals surface area contributed by atoms with Gasteiger partial charge >= 0.3 is 0 Å². The molecule has 0 saturated carbocycles. The molecule has 1 unspecified atom stereocenters. The second-order valence-corrected chi connectivity index (χ2v) is 5.12. The quantitative estimate of drug-likeness (QED) is 0.804. The fraction of sp³-hybridized carbons (Fsp3) is 0.643. The Kier molecular flexibility index (Phi) is 3.87. The van der Waals surface area contributed by atoms with Gasteiger partial charge in [0.05, 0.1) is 7.11 Å². The van der Waals surface area contributed by atoms with Crippen LogP contribution in [0.2, 0.25) is 0 Å². The zero-order chi connectivity index (χ0) is 12.3. The van der Waals surface area contributed by atoms with Crippen LogP contribution in [0.3, 0.4) is 0 Å². The minimum absolute atomic E-state index is 0.743. The normalized spacial score (nSPS) is 20.7. The number of rotatable bonds is 3. The third kappa shape index (κ3) is 2.71. The minimum atomic E-state index is 0.743. The van der Waals surface area contributed by atoms with Crippen molar-refractivity contribution in [3.63, 3.8) is 0 Å². The molecule has 1 atom stereocenters. The molecule has 0 amide bonds. The van der Waals surface area contributed by atoms with Crippen LogP contribution in [0.4, 0.5) is 5.82 Å². The summed E-state index contributed by atoms with van der Waals surface area (Å²) in [6.07, 6.45) is 4.43. The summed E-state index contributed by atoms with van der Waals surface area (Å²) in [5.74, 6) is 3.40. The largest absolute Gasteiger partial charge is 0.493 e. The Morgan fingerprint density at radius 2 is 2.29 bits per heavy atom. The molecule has 94 valence electrons. The summed E-state index contributed by atoms with van der Waals surface area (Å²) in [5, 5.41) is 0. The highest BCUT2D eigenvalue weighted by molar-refractivity contribution is 5.52. The highest BCUT2D eigenvalue weighted by Crippen LogP contribution is 2.31. The van der Waals surface area contributed by atoms with Crippen molar-refractivity contribution >= 4 is 5.82 Å². The molecule has 1 aliphatic heterocycles. The first-order chi connectivity index (χ1) is 8.22. The van der Waals surface area contributed by atoms with Gasteiger partial charge in [0.25, 0.3) is 0 Å². The molecule has 0 aliphatic carbocycles. The molecular formula is C14H22N2O. The average Bonchev–Trinajstić information content (AvgIpc) is 2.39. The molecule has 0 aromatic carbocycles. The number of anilines is 1. The number of pyridine rings is 1. The van der Waals surface area contributed by atoms with Crippen molar-refractivity contribution in [2.75, 3.05) is 25.1 Å². The predicted octanol–water partition coefficient (Wildman–Crippen LogP) is 2.96. The van der Waals surface area contributed by atoms with Crippen LogP contribution in [0.1, 0.15) is 26.7 Å². The molecule has 1 aliphatic rings. The summed E-state index contributed by atoms with van der Waals surface area (Å²) >= 11 is 0. The third-order valence-electron chi connectivity index (χ3n) is 3.67. The van der Waals surface area contributed by atoms with Crippen LogP contribution in [-0.2, 0) is 0 Å². The molecule has 1 saturated heterocycles. The molecule has 1 aromatic heterocycles. The van der Waals surface area contributed by atoms with Gasteiger partial charge in [-0.25, -0.2) is 4.98 Å². The van der Waals surface area contributed by atoms with Gasteiger partial charge < -0.3 is 9.64 Å².